The molecular formula is C37H49N5O2. The van der Waals surface area contributed by atoms with Gasteiger partial charge in [-0.2, -0.15) is 0 Å². The van der Waals surface area contributed by atoms with Crippen molar-refractivity contribution < 1.29 is 9.53 Å². The number of benzene rings is 3. The number of piperidine rings is 1. The predicted octanol–water partition coefficient (Wildman–Crippen LogP) is 8.28. The van der Waals surface area contributed by atoms with Gasteiger partial charge in [0, 0.05) is 37.0 Å². The molecule has 44 heavy (non-hydrogen) atoms. The summed E-state index contributed by atoms with van der Waals surface area (Å²) in [5.74, 6) is 1.71. The SMILES string of the molecule is CCCCN(CCCC)C(=O)c1ccc2nc(Nc3cccc(OCc4ccccc4)c3)n(CCCN3CCCCC3)c2c1. The summed E-state index contributed by atoms with van der Waals surface area (Å²) < 4.78 is 8.36. The van der Waals surface area contributed by atoms with Gasteiger partial charge in [-0.15, -0.1) is 0 Å². The van der Waals surface area contributed by atoms with Crippen molar-refractivity contribution in [3.05, 3.63) is 83.9 Å². The smallest absolute Gasteiger partial charge is 0.253 e. The quantitative estimate of drug-likeness (QED) is 0.141. The molecule has 1 amide bonds. The Kier molecular flexibility index (Phi) is 11.7. The van der Waals surface area contributed by atoms with Crippen molar-refractivity contribution in [1.82, 2.24) is 19.4 Å². The zero-order valence-corrected chi connectivity index (χ0v) is 26.6. The highest BCUT2D eigenvalue weighted by molar-refractivity contribution is 5.98. The van der Waals surface area contributed by atoms with Crippen LogP contribution in [-0.4, -0.2) is 58.0 Å². The van der Waals surface area contributed by atoms with Crippen LogP contribution >= 0.6 is 0 Å². The lowest BCUT2D eigenvalue weighted by molar-refractivity contribution is 0.0751. The molecule has 0 aliphatic carbocycles. The standard InChI is InChI=1S/C37H49N5O2/c1-3-5-24-41(25-6-4-2)36(43)31-19-20-34-35(27-31)42(26-14-23-40-21-11-8-12-22-40)37(39-34)38-32-17-13-18-33(28-32)44-29-30-15-9-7-10-16-30/h7,9-10,13,15-20,27-28H,3-6,8,11-12,14,21-26,29H2,1-2H3,(H,38,39). The lowest BCUT2D eigenvalue weighted by Crippen LogP contribution is -2.33. The summed E-state index contributed by atoms with van der Waals surface area (Å²) in [4.78, 5) is 23.3. The number of amides is 1. The molecule has 7 heteroatoms. The van der Waals surface area contributed by atoms with Gasteiger partial charge in [-0.25, -0.2) is 4.98 Å². The largest absolute Gasteiger partial charge is 0.489 e. The first-order valence-corrected chi connectivity index (χ1v) is 16.7. The molecule has 0 bridgehead atoms. The van der Waals surface area contributed by atoms with E-state index in [0.29, 0.717) is 6.61 Å². The first-order chi connectivity index (χ1) is 21.6. The topological polar surface area (TPSA) is 62.6 Å². The maximum Gasteiger partial charge on any atom is 0.253 e. The van der Waals surface area contributed by atoms with Crippen LogP contribution in [0, 0.1) is 0 Å². The molecule has 1 aromatic heterocycles. The summed E-state index contributed by atoms with van der Waals surface area (Å²) in [7, 11) is 0. The Morgan fingerprint density at radius 3 is 2.39 bits per heavy atom. The molecule has 0 atom stereocenters. The van der Waals surface area contributed by atoms with Crippen molar-refractivity contribution in [3.8, 4) is 5.75 Å². The molecular weight excluding hydrogens is 546 g/mol. The first kappa shape index (κ1) is 31.6. The summed E-state index contributed by atoms with van der Waals surface area (Å²) in [6.07, 6.45) is 9.15. The van der Waals surface area contributed by atoms with E-state index in [2.05, 4.69) is 46.8 Å². The third-order valence-electron chi connectivity index (χ3n) is 8.49. The number of rotatable bonds is 16. The molecule has 7 nitrogen and oxygen atoms in total. The molecule has 2 heterocycles. The highest BCUT2D eigenvalue weighted by Crippen LogP contribution is 2.27. The van der Waals surface area contributed by atoms with E-state index in [1.807, 2.05) is 59.5 Å². The number of hydrogen-bond donors (Lipinski definition) is 1. The van der Waals surface area contributed by atoms with Crippen LogP contribution in [0.4, 0.5) is 11.6 Å². The van der Waals surface area contributed by atoms with Gasteiger partial charge in [-0.05, 0) is 87.6 Å². The number of unbranched alkanes of at least 4 members (excludes halogenated alkanes) is 2. The Labute approximate surface area is 263 Å². The van der Waals surface area contributed by atoms with Gasteiger partial charge >= 0.3 is 0 Å². The summed E-state index contributed by atoms with van der Waals surface area (Å²) in [6, 6.07) is 24.3. The molecule has 3 aromatic carbocycles. The number of fused-ring (bicyclic) bond motifs is 1. The minimum absolute atomic E-state index is 0.118. The molecule has 1 fully saturated rings. The second-order valence-electron chi connectivity index (χ2n) is 12.0. The lowest BCUT2D eigenvalue weighted by atomic mass is 10.1. The van der Waals surface area contributed by atoms with E-state index in [0.717, 1.165) is 97.8 Å². The van der Waals surface area contributed by atoms with E-state index < -0.39 is 0 Å². The van der Waals surface area contributed by atoms with Crippen LogP contribution in [0.2, 0.25) is 0 Å². The predicted molar refractivity (Wildman–Crippen MR) is 181 cm³/mol. The molecule has 1 aliphatic heterocycles. The molecule has 1 N–H and O–H groups in total. The number of ether oxygens (including phenoxy) is 1. The fraction of sp³-hybridized carbons (Fsp3) is 0.459. The number of carbonyl (C=O) groups excluding carboxylic acids is 1. The van der Waals surface area contributed by atoms with Crippen LogP contribution in [0.25, 0.3) is 11.0 Å². The van der Waals surface area contributed by atoms with E-state index >= 15 is 0 Å². The average molecular weight is 596 g/mol. The molecule has 0 unspecified atom stereocenters. The number of anilines is 2. The molecule has 0 saturated carbocycles. The zero-order chi connectivity index (χ0) is 30.6. The second-order valence-corrected chi connectivity index (χ2v) is 12.0. The van der Waals surface area contributed by atoms with Crippen molar-refractivity contribution in [2.24, 2.45) is 0 Å². The van der Waals surface area contributed by atoms with E-state index in [9.17, 15) is 4.79 Å². The number of nitrogens with zero attached hydrogens (tertiary/aromatic N) is 4. The Morgan fingerprint density at radius 1 is 0.864 bits per heavy atom. The number of likely N-dealkylation sites (tertiary alicyclic amines) is 1. The number of nitrogens with one attached hydrogen (secondary N) is 1. The number of imidazole rings is 1. The lowest BCUT2D eigenvalue weighted by Gasteiger charge is -2.26. The minimum Gasteiger partial charge on any atom is -0.489 e. The fourth-order valence-electron chi connectivity index (χ4n) is 5.94. The van der Waals surface area contributed by atoms with Crippen LogP contribution in [0.1, 0.15) is 81.1 Å². The normalized spacial score (nSPS) is 13.7. The van der Waals surface area contributed by atoms with E-state index in [1.54, 1.807) is 0 Å². The number of aryl methyl sites for hydroxylation is 1. The van der Waals surface area contributed by atoms with E-state index in [-0.39, 0.29) is 5.91 Å². The number of carbonyl (C=O) groups is 1. The Hall–Kier alpha value is -3.84. The monoisotopic (exact) mass is 595 g/mol. The summed E-state index contributed by atoms with van der Waals surface area (Å²) in [5.41, 5.74) is 4.69. The number of hydrogen-bond acceptors (Lipinski definition) is 5. The van der Waals surface area contributed by atoms with Gasteiger partial charge in [0.1, 0.15) is 12.4 Å². The molecule has 234 valence electrons. The van der Waals surface area contributed by atoms with Crippen LogP contribution in [0.5, 0.6) is 5.75 Å². The van der Waals surface area contributed by atoms with E-state index in [4.69, 9.17) is 9.72 Å². The average Bonchev–Trinajstić information content (AvgIpc) is 3.40. The summed E-state index contributed by atoms with van der Waals surface area (Å²) >= 11 is 0. The van der Waals surface area contributed by atoms with Crippen LogP contribution in [0.3, 0.4) is 0 Å². The minimum atomic E-state index is 0.118. The van der Waals surface area contributed by atoms with Crippen LogP contribution in [0.15, 0.2) is 72.8 Å². The van der Waals surface area contributed by atoms with Crippen LogP contribution in [-0.2, 0) is 13.2 Å². The molecule has 0 spiro atoms. The maximum absolute atomic E-state index is 13.7. The van der Waals surface area contributed by atoms with Crippen molar-refractivity contribution in [1.29, 1.82) is 0 Å². The first-order valence-electron chi connectivity index (χ1n) is 16.7. The van der Waals surface area contributed by atoms with Gasteiger partial charge in [0.25, 0.3) is 5.91 Å². The van der Waals surface area contributed by atoms with Crippen LogP contribution < -0.4 is 10.1 Å². The summed E-state index contributed by atoms with van der Waals surface area (Å²) in [5, 5.41) is 3.58. The molecule has 1 saturated heterocycles. The highest BCUT2D eigenvalue weighted by Gasteiger charge is 2.19. The van der Waals surface area contributed by atoms with Gasteiger partial charge < -0.3 is 24.4 Å². The Morgan fingerprint density at radius 2 is 1.64 bits per heavy atom. The summed E-state index contributed by atoms with van der Waals surface area (Å²) in [6.45, 7) is 10.8. The van der Waals surface area contributed by atoms with Crippen molar-refractivity contribution in [3.63, 3.8) is 0 Å². The third kappa shape index (κ3) is 8.63. The highest BCUT2D eigenvalue weighted by atomic mass is 16.5. The van der Waals surface area contributed by atoms with Gasteiger partial charge in [-0.1, -0.05) is 69.5 Å². The Bertz CT molecular complexity index is 1450. The maximum atomic E-state index is 13.7. The Balaban J connectivity index is 1.38. The van der Waals surface area contributed by atoms with E-state index in [1.165, 1.54) is 32.4 Å². The third-order valence-corrected chi connectivity index (χ3v) is 8.49. The van der Waals surface area contributed by atoms with Crippen molar-refractivity contribution in [2.75, 3.05) is 38.0 Å². The molecule has 5 rings (SSSR count). The van der Waals surface area contributed by atoms with Gasteiger partial charge in [0.2, 0.25) is 5.95 Å². The fourth-order valence-corrected chi connectivity index (χ4v) is 5.94. The molecule has 1 aliphatic rings. The number of aromatic nitrogens is 2. The van der Waals surface area contributed by atoms with Crippen molar-refractivity contribution >= 4 is 28.6 Å². The van der Waals surface area contributed by atoms with Gasteiger partial charge in [0.05, 0.1) is 11.0 Å². The molecule has 4 aromatic rings. The molecule has 0 radical (unpaired) electrons. The van der Waals surface area contributed by atoms with Crippen molar-refractivity contribution in [2.45, 2.75) is 78.4 Å². The van der Waals surface area contributed by atoms with Gasteiger partial charge in [-0.3, -0.25) is 4.79 Å². The second kappa shape index (κ2) is 16.3. The van der Waals surface area contributed by atoms with Gasteiger partial charge in [0.15, 0.2) is 0 Å². The zero-order valence-electron chi connectivity index (χ0n) is 26.6.